The Bertz CT molecular complexity index is 800. The Kier molecular flexibility index (Phi) is 5.39. The van der Waals surface area contributed by atoms with Crippen molar-refractivity contribution in [1.82, 2.24) is 10.3 Å². The monoisotopic (exact) mass is 356 g/mol. The number of fused-ring (bicyclic) bond motifs is 1. The van der Waals surface area contributed by atoms with E-state index in [-0.39, 0.29) is 11.9 Å². The number of carbonyl (C=O) groups is 1. The van der Waals surface area contributed by atoms with Gasteiger partial charge in [0.25, 0.3) is 0 Å². The number of halogens is 1. The second-order valence-electron chi connectivity index (χ2n) is 6.29. The molecule has 0 unspecified atom stereocenters. The van der Waals surface area contributed by atoms with Gasteiger partial charge in [0.2, 0.25) is 11.8 Å². The van der Waals surface area contributed by atoms with E-state index in [2.05, 4.69) is 10.3 Å². The average molecular weight is 357 g/mol. The Morgan fingerprint density at radius 2 is 2.08 bits per heavy atom. The number of aryl methyl sites for hydroxylation is 2. The number of rotatable bonds is 5. The summed E-state index contributed by atoms with van der Waals surface area (Å²) >= 11 is 6.32. The van der Waals surface area contributed by atoms with Crippen LogP contribution >= 0.6 is 11.6 Å². The van der Waals surface area contributed by atoms with Crippen LogP contribution in [0.25, 0.3) is 6.08 Å². The molecule has 1 atom stereocenters. The van der Waals surface area contributed by atoms with E-state index in [1.165, 1.54) is 24.5 Å². The summed E-state index contributed by atoms with van der Waals surface area (Å²) in [6.45, 7) is 3.42. The van der Waals surface area contributed by atoms with Gasteiger partial charge in [-0.1, -0.05) is 23.8 Å². The molecular formula is C20H21ClN2O2. The first-order valence-electron chi connectivity index (χ1n) is 8.42. The zero-order chi connectivity index (χ0) is 17.8. The van der Waals surface area contributed by atoms with E-state index in [4.69, 9.17) is 16.3 Å². The molecule has 1 heterocycles. The Hall–Kier alpha value is -2.33. The van der Waals surface area contributed by atoms with Crippen LogP contribution in [0.5, 0.6) is 11.6 Å². The molecule has 0 bridgehead atoms. The number of nitrogens with zero attached hydrogens (tertiary/aromatic N) is 1. The summed E-state index contributed by atoms with van der Waals surface area (Å²) in [6, 6.07) is 7.72. The maximum atomic E-state index is 11.0. The zero-order valence-corrected chi connectivity index (χ0v) is 15.1. The summed E-state index contributed by atoms with van der Waals surface area (Å²) in [4.78, 5) is 15.3. The average Bonchev–Trinajstić information content (AvgIpc) is 3.01. The summed E-state index contributed by atoms with van der Waals surface area (Å²) in [5.74, 6) is 1.11. The van der Waals surface area contributed by atoms with Gasteiger partial charge in [-0.25, -0.2) is 4.98 Å². The van der Waals surface area contributed by atoms with Gasteiger partial charge in [-0.2, -0.15) is 0 Å². The third-order valence-corrected chi connectivity index (χ3v) is 4.42. The van der Waals surface area contributed by atoms with Crippen LogP contribution in [-0.2, 0) is 17.6 Å². The number of amides is 1. The molecule has 0 saturated carbocycles. The molecule has 3 rings (SSSR count). The first kappa shape index (κ1) is 17.5. The van der Waals surface area contributed by atoms with Crippen LogP contribution < -0.4 is 10.1 Å². The fourth-order valence-corrected chi connectivity index (χ4v) is 3.16. The topological polar surface area (TPSA) is 51.2 Å². The fourth-order valence-electron chi connectivity index (χ4n) is 2.94. The third kappa shape index (κ3) is 4.60. The molecule has 5 heteroatoms. The second-order valence-corrected chi connectivity index (χ2v) is 6.69. The predicted molar refractivity (Wildman–Crippen MR) is 100 cm³/mol. The molecule has 0 saturated heterocycles. The van der Waals surface area contributed by atoms with E-state index in [0.717, 1.165) is 18.4 Å². The summed E-state index contributed by atoms with van der Waals surface area (Å²) in [5.41, 5.74) is 3.56. The first-order valence-corrected chi connectivity index (χ1v) is 8.79. The molecule has 4 nitrogen and oxygen atoms in total. The fraction of sp³-hybridized carbons (Fsp3) is 0.300. The lowest BCUT2D eigenvalue weighted by Crippen LogP contribution is -2.28. The lowest BCUT2D eigenvalue weighted by atomic mass is 10.1. The molecular weight excluding hydrogens is 336 g/mol. The molecule has 1 aromatic heterocycles. The molecule has 0 fully saturated rings. The Morgan fingerprint density at radius 1 is 1.32 bits per heavy atom. The number of carbonyl (C=O) groups excluding carboxylic acids is 1. The molecule has 2 aromatic rings. The van der Waals surface area contributed by atoms with Gasteiger partial charge < -0.3 is 10.1 Å². The van der Waals surface area contributed by atoms with Gasteiger partial charge in [0.15, 0.2) is 0 Å². The summed E-state index contributed by atoms with van der Waals surface area (Å²) in [5, 5.41) is 3.42. The molecule has 0 aliphatic heterocycles. The third-order valence-electron chi connectivity index (χ3n) is 4.13. The normalized spacial score (nSPS) is 14.4. The van der Waals surface area contributed by atoms with Crippen molar-refractivity contribution in [1.29, 1.82) is 0 Å². The highest BCUT2D eigenvalue weighted by Gasteiger charge is 2.15. The Morgan fingerprint density at radius 3 is 2.76 bits per heavy atom. The quantitative estimate of drug-likeness (QED) is 0.854. The van der Waals surface area contributed by atoms with E-state index in [1.54, 1.807) is 6.20 Å². The molecule has 130 valence electrons. The van der Waals surface area contributed by atoms with Gasteiger partial charge in [0.05, 0.1) is 5.02 Å². The van der Waals surface area contributed by atoms with E-state index in [9.17, 15) is 4.79 Å². The minimum Gasteiger partial charge on any atom is -0.437 e. The van der Waals surface area contributed by atoms with E-state index in [1.807, 2.05) is 43.3 Å². The van der Waals surface area contributed by atoms with Gasteiger partial charge in [0, 0.05) is 25.2 Å². The number of pyridine rings is 1. The van der Waals surface area contributed by atoms with Gasteiger partial charge in [0.1, 0.15) is 5.75 Å². The summed E-state index contributed by atoms with van der Waals surface area (Å²) in [7, 11) is 0. The van der Waals surface area contributed by atoms with Crippen molar-refractivity contribution in [2.45, 2.75) is 39.2 Å². The summed E-state index contributed by atoms with van der Waals surface area (Å²) in [6.07, 6.45) is 8.90. The highest BCUT2D eigenvalue weighted by Crippen LogP contribution is 2.35. The van der Waals surface area contributed by atoms with Crippen LogP contribution in [0, 0.1) is 0 Å². The first-order chi connectivity index (χ1) is 12.0. The van der Waals surface area contributed by atoms with Crippen molar-refractivity contribution < 1.29 is 9.53 Å². The Labute approximate surface area is 152 Å². The summed E-state index contributed by atoms with van der Waals surface area (Å²) < 4.78 is 5.84. The van der Waals surface area contributed by atoms with Crippen LogP contribution in [0.1, 0.15) is 37.0 Å². The van der Waals surface area contributed by atoms with E-state index >= 15 is 0 Å². The minimum absolute atomic E-state index is 0.0290. The number of hydrogen-bond donors (Lipinski definition) is 1. The van der Waals surface area contributed by atoms with Crippen molar-refractivity contribution >= 4 is 23.6 Å². The van der Waals surface area contributed by atoms with Crippen molar-refractivity contribution in [2.24, 2.45) is 0 Å². The standard InChI is InChI=1S/C20H21ClN2O2/c1-13(23-14(2)24)6-7-15-8-9-20(22-12-15)25-19-11-17-5-3-4-16(17)10-18(19)21/h6-13H,3-5H2,1-2H3,(H,23,24)/b7-6+/t13-/m0/s1. The highest BCUT2D eigenvalue weighted by atomic mass is 35.5. The van der Waals surface area contributed by atoms with Crippen molar-refractivity contribution in [2.75, 3.05) is 0 Å². The number of aromatic nitrogens is 1. The lowest BCUT2D eigenvalue weighted by molar-refractivity contribution is -0.119. The number of ether oxygens (including phenoxy) is 1. The molecule has 0 radical (unpaired) electrons. The highest BCUT2D eigenvalue weighted by molar-refractivity contribution is 6.32. The lowest BCUT2D eigenvalue weighted by Gasteiger charge is -2.09. The molecule has 1 aromatic carbocycles. The van der Waals surface area contributed by atoms with Crippen LogP contribution in [0.2, 0.25) is 5.02 Å². The molecule has 25 heavy (non-hydrogen) atoms. The number of benzene rings is 1. The van der Waals surface area contributed by atoms with Crippen LogP contribution in [-0.4, -0.2) is 16.9 Å². The van der Waals surface area contributed by atoms with Gasteiger partial charge >= 0.3 is 0 Å². The van der Waals surface area contributed by atoms with Gasteiger partial charge in [-0.3, -0.25) is 4.79 Å². The van der Waals surface area contributed by atoms with Gasteiger partial charge in [-0.05, 0) is 61.1 Å². The molecule has 1 N–H and O–H groups in total. The zero-order valence-electron chi connectivity index (χ0n) is 14.4. The molecule has 1 aliphatic rings. The number of hydrogen-bond acceptors (Lipinski definition) is 3. The SMILES string of the molecule is CC(=O)N[C@@H](C)/C=C/c1ccc(Oc2cc3c(cc2Cl)CCC3)nc1. The van der Waals surface area contributed by atoms with Crippen LogP contribution in [0.15, 0.2) is 36.5 Å². The van der Waals surface area contributed by atoms with Crippen molar-refractivity contribution in [3.05, 3.63) is 58.3 Å². The van der Waals surface area contributed by atoms with Crippen LogP contribution in [0.4, 0.5) is 0 Å². The maximum absolute atomic E-state index is 11.0. The second kappa shape index (κ2) is 7.70. The molecule has 1 amide bonds. The van der Waals surface area contributed by atoms with Crippen LogP contribution in [0.3, 0.4) is 0 Å². The van der Waals surface area contributed by atoms with E-state index < -0.39 is 0 Å². The smallest absolute Gasteiger partial charge is 0.219 e. The van der Waals surface area contributed by atoms with E-state index in [0.29, 0.717) is 16.7 Å². The maximum Gasteiger partial charge on any atom is 0.219 e. The molecule has 1 aliphatic carbocycles. The largest absolute Gasteiger partial charge is 0.437 e. The minimum atomic E-state index is -0.0507. The predicted octanol–water partition coefficient (Wildman–Crippen LogP) is 4.55. The van der Waals surface area contributed by atoms with Gasteiger partial charge in [-0.15, -0.1) is 0 Å². The molecule has 0 spiro atoms. The van der Waals surface area contributed by atoms with Crippen molar-refractivity contribution in [3.63, 3.8) is 0 Å². The number of nitrogens with one attached hydrogen (secondary N) is 1. The Balaban J connectivity index is 1.67. The van der Waals surface area contributed by atoms with Crippen molar-refractivity contribution in [3.8, 4) is 11.6 Å².